The summed E-state index contributed by atoms with van der Waals surface area (Å²) in [6.45, 7) is 10.6. The molecule has 124 valence electrons. The first-order chi connectivity index (χ1) is 10.2. The van der Waals surface area contributed by atoms with Gasteiger partial charge >= 0.3 is 0 Å². The van der Waals surface area contributed by atoms with E-state index in [0.717, 1.165) is 70.7 Å². The van der Waals surface area contributed by atoms with Crippen LogP contribution in [0.1, 0.15) is 58.8 Å². The molecule has 0 aromatic carbocycles. The molecule has 2 N–H and O–H groups in total. The molecule has 0 unspecified atom stereocenters. The monoisotopic (exact) mass is 297 g/mol. The lowest BCUT2D eigenvalue weighted by atomic mass is 9.95. The second-order valence-corrected chi connectivity index (χ2v) is 6.26. The van der Waals surface area contributed by atoms with Gasteiger partial charge in [-0.25, -0.2) is 0 Å². The Kier molecular flexibility index (Phi) is 9.68. The number of hydrogen-bond acceptors (Lipinski definition) is 3. The summed E-state index contributed by atoms with van der Waals surface area (Å²) in [4.78, 5) is 16.7. The Morgan fingerprint density at radius 3 is 2.29 bits per heavy atom. The van der Waals surface area contributed by atoms with Crippen molar-refractivity contribution in [2.75, 3.05) is 39.3 Å². The van der Waals surface area contributed by atoms with Crippen LogP contribution in [-0.2, 0) is 4.79 Å². The lowest BCUT2D eigenvalue weighted by molar-refractivity contribution is -0.132. The van der Waals surface area contributed by atoms with Crippen LogP contribution in [0.4, 0.5) is 0 Å². The maximum Gasteiger partial charge on any atom is 0.222 e. The normalized spacial score (nSPS) is 16.7. The van der Waals surface area contributed by atoms with Gasteiger partial charge in [-0.3, -0.25) is 4.79 Å². The zero-order valence-electron chi connectivity index (χ0n) is 14.1. The van der Waals surface area contributed by atoms with Gasteiger partial charge in [-0.05, 0) is 51.2 Å². The predicted molar refractivity (Wildman–Crippen MR) is 89.2 cm³/mol. The standard InChI is InChI=1S/C17H35N3O/c1-3-19(4-2)15-16-10-13-20(14-11-16)17(21)9-7-5-6-8-12-18/h16H,3-15,18H2,1-2H3. The molecule has 0 radical (unpaired) electrons. The van der Waals surface area contributed by atoms with E-state index in [1.165, 1.54) is 19.4 Å². The van der Waals surface area contributed by atoms with Crippen LogP contribution in [0, 0.1) is 5.92 Å². The number of hydrogen-bond donors (Lipinski definition) is 1. The number of carbonyl (C=O) groups excluding carboxylic acids is 1. The molecule has 0 bridgehead atoms. The van der Waals surface area contributed by atoms with E-state index < -0.39 is 0 Å². The van der Waals surface area contributed by atoms with Gasteiger partial charge in [-0.2, -0.15) is 0 Å². The Bertz CT molecular complexity index is 271. The van der Waals surface area contributed by atoms with E-state index in [9.17, 15) is 4.79 Å². The van der Waals surface area contributed by atoms with Crippen molar-refractivity contribution in [2.45, 2.75) is 58.8 Å². The molecule has 0 atom stereocenters. The first kappa shape index (κ1) is 18.4. The number of rotatable bonds is 10. The molecule has 1 aliphatic heterocycles. The van der Waals surface area contributed by atoms with Crippen LogP contribution < -0.4 is 5.73 Å². The molecule has 4 nitrogen and oxygen atoms in total. The highest BCUT2D eigenvalue weighted by Gasteiger charge is 2.23. The lowest BCUT2D eigenvalue weighted by Gasteiger charge is -2.34. The lowest BCUT2D eigenvalue weighted by Crippen LogP contribution is -2.41. The fraction of sp³-hybridized carbons (Fsp3) is 0.941. The van der Waals surface area contributed by atoms with Gasteiger partial charge in [0.25, 0.3) is 0 Å². The van der Waals surface area contributed by atoms with Gasteiger partial charge in [-0.15, -0.1) is 0 Å². The van der Waals surface area contributed by atoms with Crippen molar-refractivity contribution in [1.29, 1.82) is 0 Å². The highest BCUT2D eigenvalue weighted by molar-refractivity contribution is 5.76. The van der Waals surface area contributed by atoms with Crippen LogP contribution in [0.5, 0.6) is 0 Å². The van der Waals surface area contributed by atoms with Crippen molar-refractivity contribution >= 4 is 5.91 Å². The Labute approximate surface area is 131 Å². The van der Waals surface area contributed by atoms with Crippen molar-refractivity contribution in [3.8, 4) is 0 Å². The van der Waals surface area contributed by atoms with Crippen molar-refractivity contribution in [3.05, 3.63) is 0 Å². The second kappa shape index (κ2) is 11.0. The number of piperidine rings is 1. The van der Waals surface area contributed by atoms with Crippen molar-refractivity contribution < 1.29 is 4.79 Å². The number of likely N-dealkylation sites (tertiary alicyclic amines) is 1. The van der Waals surface area contributed by atoms with Gasteiger partial charge in [-0.1, -0.05) is 26.7 Å². The van der Waals surface area contributed by atoms with Crippen molar-refractivity contribution in [2.24, 2.45) is 11.7 Å². The van der Waals surface area contributed by atoms with Gasteiger partial charge in [0.2, 0.25) is 5.91 Å². The number of unbranched alkanes of at least 4 members (excludes halogenated alkanes) is 3. The maximum atomic E-state index is 12.2. The molecular formula is C17H35N3O. The first-order valence-electron chi connectivity index (χ1n) is 8.91. The van der Waals surface area contributed by atoms with E-state index in [1.54, 1.807) is 0 Å². The fourth-order valence-electron chi connectivity index (χ4n) is 3.14. The fourth-order valence-corrected chi connectivity index (χ4v) is 3.14. The molecule has 0 aromatic rings. The van der Waals surface area contributed by atoms with E-state index in [1.807, 2.05) is 0 Å². The second-order valence-electron chi connectivity index (χ2n) is 6.26. The summed E-state index contributed by atoms with van der Waals surface area (Å²) in [7, 11) is 0. The summed E-state index contributed by atoms with van der Waals surface area (Å²) in [6.07, 6.45) is 7.50. The zero-order valence-corrected chi connectivity index (χ0v) is 14.1. The smallest absolute Gasteiger partial charge is 0.222 e. The van der Waals surface area contributed by atoms with E-state index in [0.29, 0.717) is 5.91 Å². The molecule has 1 amide bonds. The molecule has 1 rings (SSSR count). The minimum Gasteiger partial charge on any atom is -0.343 e. The van der Waals surface area contributed by atoms with Crippen LogP contribution in [0.15, 0.2) is 0 Å². The quantitative estimate of drug-likeness (QED) is 0.630. The minimum atomic E-state index is 0.365. The molecule has 1 saturated heterocycles. The largest absolute Gasteiger partial charge is 0.343 e. The summed E-state index contributed by atoms with van der Waals surface area (Å²) in [6, 6.07) is 0. The van der Waals surface area contributed by atoms with E-state index in [2.05, 4.69) is 23.6 Å². The molecule has 0 spiro atoms. The summed E-state index contributed by atoms with van der Waals surface area (Å²) in [5.74, 6) is 1.14. The van der Waals surface area contributed by atoms with Crippen LogP contribution in [0.3, 0.4) is 0 Å². The van der Waals surface area contributed by atoms with Gasteiger partial charge < -0.3 is 15.5 Å². The predicted octanol–water partition coefficient (Wildman–Crippen LogP) is 2.48. The van der Waals surface area contributed by atoms with E-state index in [4.69, 9.17) is 5.73 Å². The first-order valence-corrected chi connectivity index (χ1v) is 8.91. The molecule has 0 aromatic heterocycles. The Hall–Kier alpha value is -0.610. The van der Waals surface area contributed by atoms with Gasteiger partial charge in [0.05, 0.1) is 0 Å². The average molecular weight is 297 g/mol. The van der Waals surface area contributed by atoms with Gasteiger partial charge in [0, 0.05) is 26.1 Å². The molecule has 1 aliphatic rings. The minimum absolute atomic E-state index is 0.365. The summed E-state index contributed by atoms with van der Waals surface area (Å²) in [5.41, 5.74) is 5.48. The molecule has 0 saturated carbocycles. The average Bonchev–Trinajstić information content (AvgIpc) is 2.52. The van der Waals surface area contributed by atoms with Crippen LogP contribution in [-0.4, -0.2) is 55.0 Å². The molecule has 4 heteroatoms. The Morgan fingerprint density at radius 1 is 1.10 bits per heavy atom. The number of nitrogens with two attached hydrogens (primary N) is 1. The third-order valence-corrected chi connectivity index (χ3v) is 4.72. The third-order valence-electron chi connectivity index (χ3n) is 4.72. The number of carbonyl (C=O) groups is 1. The summed E-state index contributed by atoms with van der Waals surface area (Å²) in [5, 5.41) is 0. The SMILES string of the molecule is CCN(CC)CC1CCN(C(=O)CCCCCCN)CC1. The Balaban J connectivity index is 2.15. The van der Waals surface area contributed by atoms with Crippen molar-refractivity contribution in [3.63, 3.8) is 0 Å². The zero-order chi connectivity index (χ0) is 15.5. The van der Waals surface area contributed by atoms with Crippen LogP contribution in [0.2, 0.25) is 0 Å². The topological polar surface area (TPSA) is 49.6 Å². The molecule has 1 fully saturated rings. The van der Waals surface area contributed by atoms with Gasteiger partial charge in [0.1, 0.15) is 0 Å². The van der Waals surface area contributed by atoms with Gasteiger partial charge in [0.15, 0.2) is 0 Å². The molecule has 1 heterocycles. The summed E-state index contributed by atoms with van der Waals surface area (Å²) < 4.78 is 0. The highest BCUT2D eigenvalue weighted by atomic mass is 16.2. The molecule has 21 heavy (non-hydrogen) atoms. The molecule has 0 aliphatic carbocycles. The Morgan fingerprint density at radius 2 is 1.71 bits per heavy atom. The third kappa shape index (κ3) is 7.28. The van der Waals surface area contributed by atoms with Crippen LogP contribution in [0.25, 0.3) is 0 Å². The molecular weight excluding hydrogens is 262 g/mol. The number of nitrogens with zero attached hydrogens (tertiary/aromatic N) is 2. The van der Waals surface area contributed by atoms with Crippen LogP contribution >= 0.6 is 0 Å². The maximum absolute atomic E-state index is 12.2. The summed E-state index contributed by atoms with van der Waals surface area (Å²) >= 11 is 0. The van der Waals surface area contributed by atoms with E-state index >= 15 is 0 Å². The van der Waals surface area contributed by atoms with Crippen molar-refractivity contribution in [1.82, 2.24) is 9.80 Å². The number of amides is 1. The van der Waals surface area contributed by atoms with E-state index in [-0.39, 0.29) is 0 Å². The highest BCUT2D eigenvalue weighted by Crippen LogP contribution is 2.19.